The van der Waals surface area contributed by atoms with Crippen LogP contribution in [0, 0.1) is 0 Å². The van der Waals surface area contributed by atoms with Gasteiger partial charge in [0.1, 0.15) is 6.10 Å². The van der Waals surface area contributed by atoms with Crippen LogP contribution in [0.15, 0.2) is 12.2 Å². The topological polar surface area (TPSA) is 38.7 Å². The first-order valence-corrected chi connectivity index (χ1v) is 3.69. The van der Waals surface area contributed by atoms with Gasteiger partial charge in [-0.25, -0.2) is 0 Å². The second-order valence-electron chi connectivity index (χ2n) is 2.81. The van der Waals surface area contributed by atoms with Gasteiger partial charge in [-0.15, -0.1) is 0 Å². The van der Waals surface area contributed by atoms with E-state index in [1.807, 2.05) is 0 Å². The van der Waals surface area contributed by atoms with Gasteiger partial charge in [-0.05, 0) is 12.5 Å². The first-order valence-electron chi connectivity index (χ1n) is 3.69. The van der Waals surface area contributed by atoms with Gasteiger partial charge in [0.15, 0.2) is 6.29 Å². The minimum atomic E-state index is -0.540. The van der Waals surface area contributed by atoms with Crippen LogP contribution in [0.4, 0.5) is 0 Å². The minimum Gasteiger partial charge on any atom is -0.386 e. The van der Waals surface area contributed by atoms with Crippen LogP contribution in [0.1, 0.15) is 13.3 Å². The lowest BCUT2D eigenvalue weighted by atomic mass is 10.0. The number of aliphatic hydroxyl groups is 1. The van der Waals surface area contributed by atoms with Crippen LogP contribution in [-0.2, 0) is 9.47 Å². The molecule has 11 heavy (non-hydrogen) atoms. The van der Waals surface area contributed by atoms with Crippen molar-refractivity contribution in [2.75, 3.05) is 7.11 Å². The molecule has 0 aromatic rings. The monoisotopic (exact) mass is 158 g/mol. The Hall–Kier alpha value is -0.380. The number of hydrogen-bond donors (Lipinski definition) is 1. The molecule has 0 aliphatic carbocycles. The summed E-state index contributed by atoms with van der Waals surface area (Å²) in [5.41, 5.74) is 0.788. The van der Waals surface area contributed by atoms with Crippen molar-refractivity contribution in [1.29, 1.82) is 0 Å². The van der Waals surface area contributed by atoms with Crippen LogP contribution < -0.4 is 0 Å². The molecule has 1 rings (SSSR count). The largest absolute Gasteiger partial charge is 0.386 e. The van der Waals surface area contributed by atoms with Crippen molar-refractivity contribution < 1.29 is 14.6 Å². The van der Waals surface area contributed by atoms with E-state index in [9.17, 15) is 5.11 Å². The Balaban J connectivity index is 2.54. The predicted molar refractivity (Wildman–Crippen MR) is 41.1 cm³/mol. The highest BCUT2D eigenvalue weighted by atomic mass is 16.7. The van der Waals surface area contributed by atoms with Crippen molar-refractivity contribution in [2.45, 2.75) is 31.8 Å². The third-order valence-electron chi connectivity index (χ3n) is 1.92. The first-order chi connectivity index (χ1) is 5.15. The highest BCUT2D eigenvalue weighted by molar-refractivity contribution is 5.07. The molecule has 1 heterocycles. The molecule has 0 spiro atoms. The van der Waals surface area contributed by atoms with Crippen LogP contribution in [-0.4, -0.2) is 30.7 Å². The Morgan fingerprint density at radius 1 is 1.73 bits per heavy atom. The highest BCUT2D eigenvalue weighted by Crippen LogP contribution is 2.23. The van der Waals surface area contributed by atoms with Crippen molar-refractivity contribution in [3.63, 3.8) is 0 Å². The van der Waals surface area contributed by atoms with Crippen LogP contribution in [0.3, 0.4) is 0 Å². The number of rotatable bonds is 1. The van der Waals surface area contributed by atoms with Gasteiger partial charge < -0.3 is 14.6 Å². The highest BCUT2D eigenvalue weighted by Gasteiger charge is 2.28. The Morgan fingerprint density at radius 2 is 2.36 bits per heavy atom. The lowest BCUT2D eigenvalue weighted by Crippen LogP contribution is -2.39. The third-order valence-corrected chi connectivity index (χ3v) is 1.92. The zero-order valence-electron chi connectivity index (χ0n) is 6.91. The Kier molecular flexibility index (Phi) is 2.65. The molecular formula is C8H14O3. The Morgan fingerprint density at radius 3 is 2.82 bits per heavy atom. The normalized spacial score (nSPS) is 39.2. The minimum absolute atomic E-state index is 0.207. The summed E-state index contributed by atoms with van der Waals surface area (Å²) in [6.07, 6.45) is -0.398. The fourth-order valence-corrected chi connectivity index (χ4v) is 1.17. The molecule has 0 aromatic carbocycles. The number of aliphatic hydroxyl groups excluding tert-OH is 1. The van der Waals surface area contributed by atoms with Crippen molar-refractivity contribution in [2.24, 2.45) is 0 Å². The maximum absolute atomic E-state index is 9.38. The molecule has 64 valence electrons. The quantitative estimate of drug-likeness (QED) is 0.570. The molecule has 0 aromatic heterocycles. The van der Waals surface area contributed by atoms with Crippen LogP contribution in [0.5, 0.6) is 0 Å². The maximum Gasteiger partial charge on any atom is 0.161 e. The molecular weight excluding hydrogens is 144 g/mol. The summed E-state index contributed by atoms with van der Waals surface area (Å²) >= 11 is 0. The van der Waals surface area contributed by atoms with Gasteiger partial charge in [-0.3, -0.25) is 0 Å². The Bertz CT molecular complexity index is 155. The molecule has 1 aliphatic rings. The molecule has 1 N–H and O–H groups in total. The summed E-state index contributed by atoms with van der Waals surface area (Å²) in [4.78, 5) is 0. The first kappa shape index (κ1) is 8.71. The van der Waals surface area contributed by atoms with Crippen molar-refractivity contribution >= 4 is 0 Å². The summed E-state index contributed by atoms with van der Waals surface area (Å²) in [6.45, 7) is 5.54. The van der Waals surface area contributed by atoms with Gasteiger partial charge in [0.2, 0.25) is 0 Å². The summed E-state index contributed by atoms with van der Waals surface area (Å²) in [6, 6.07) is 0. The van der Waals surface area contributed by atoms with Crippen LogP contribution >= 0.6 is 0 Å². The van der Waals surface area contributed by atoms with E-state index in [0.717, 1.165) is 5.57 Å². The van der Waals surface area contributed by atoms with E-state index < -0.39 is 6.10 Å². The zero-order valence-corrected chi connectivity index (χ0v) is 6.91. The smallest absolute Gasteiger partial charge is 0.161 e. The fraction of sp³-hybridized carbons (Fsp3) is 0.750. The molecule has 0 unspecified atom stereocenters. The van der Waals surface area contributed by atoms with Gasteiger partial charge in [-0.2, -0.15) is 0 Å². The second kappa shape index (κ2) is 3.34. The molecule has 0 bridgehead atoms. The van der Waals surface area contributed by atoms with Gasteiger partial charge in [0, 0.05) is 13.5 Å². The summed E-state index contributed by atoms with van der Waals surface area (Å²) in [5.74, 6) is 0. The maximum atomic E-state index is 9.38. The standard InChI is InChI=1S/C8H14O3/c1-5-4-7(10-3)11-6(2)8(5)9/h6-9H,1,4H2,2-3H3/t6-,7-,8+/m0/s1. The third kappa shape index (κ3) is 1.80. The molecule has 0 radical (unpaired) electrons. The average Bonchev–Trinajstić information content (AvgIpc) is 1.99. The SMILES string of the molecule is C=C1C[C@@H](OC)O[C@@H](C)[C@@H]1O. The van der Waals surface area contributed by atoms with Crippen molar-refractivity contribution in [3.05, 3.63) is 12.2 Å². The fourth-order valence-electron chi connectivity index (χ4n) is 1.17. The van der Waals surface area contributed by atoms with E-state index in [2.05, 4.69) is 6.58 Å². The summed E-state index contributed by atoms with van der Waals surface area (Å²) in [7, 11) is 1.59. The number of hydrogen-bond acceptors (Lipinski definition) is 3. The second-order valence-corrected chi connectivity index (χ2v) is 2.81. The number of ether oxygens (including phenoxy) is 2. The lowest BCUT2D eigenvalue weighted by Gasteiger charge is -2.32. The molecule has 1 fully saturated rings. The summed E-state index contributed by atoms with van der Waals surface area (Å²) < 4.78 is 10.3. The molecule has 0 amide bonds. The van der Waals surface area contributed by atoms with E-state index in [-0.39, 0.29) is 12.4 Å². The molecule has 1 saturated heterocycles. The molecule has 3 heteroatoms. The van der Waals surface area contributed by atoms with Gasteiger partial charge in [0.25, 0.3) is 0 Å². The Labute approximate surface area is 66.6 Å². The van der Waals surface area contributed by atoms with Gasteiger partial charge >= 0.3 is 0 Å². The van der Waals surface area contributed by atoms with Gasteiger partial charge in [0.05, 0.1) is 6.10 Å². The molecule has 1 aliphatic heterocycles. The average molecular weight is 158 g/mol. The van der Waals surface area contributed by atoms with E-state index in [0.29, 0.717) is 6.42 Å². The van der Waals surface area contributed by atoms with E-state index in [1.54, 1.807) is 14.0 Å². The van der Waals surface area contributed by atoms with E-state index in [4.69, 9.17) is 9.47 Å². The molecule has 0 saturated carbocycles. The van der Waals surface area contributed by atoms with E-state index >= 15 is 0 Å². The summed E-state index contributed by atoms with van der Waals surface area (Å²) in [5, 5.41) is 9.38. The molecule has 3 nitrogen and oxygen atoms in total. The van der Waals surface area contributed by atoms with Crippen molar-refractivity contribution in [3.8, 4) is 0 Å². The van der Waals surface area contributed by atoms with Gasteiger partial charge in [-0.1, -0.05) is 6.58 Å². The van der Waals surface area contributed by atoms with Crippen LogP contribution in [0.2, 0.25) is 0 Å². The predicted octanol–water partition coefficient (Wildman–Crippen LogP) is 0.685. The lowest BCUT2D eigenvalue weighted by molar-refractivity contribution is -0.188. The zero-order chi connectivity index (χ0) is 8.43. The number of methoxy groups -OCH3 is 1. The van der Waals surface area contributed by atoms with E-state index in [1.165, 1.54) is 0 Å². The molecule has 3 atom stereocenters. The van der Waals surface area contributed by atoms with Crippen LogP contribution in [0.25, 0.3) is 0 Å². The van der Waals surface area contributed by atoms with Crippen molar-refractivity contribution in [1.82, 2.24) is 0 Å².